The predicted molar refractivity (Wildman–Crippen MR) is 56.4 cm³/mol. The third-order valence-corrected chi connectivity index (χ3v) is 1.90. The van der Waals surface area contributed by atoms with Crippen LogP contribution in [0.15, 0.2) is 18.3 Å². The Labute approximate surface area is 93.4 Å². The fourth-order valence-electron chi connectivity index (χ4n) is 1.01. The topological polar surface area (TPSA) is 65.5 Å². The summed E-state index contributed by atoms with van der Waals surface area (Å²) in [5, 5.41) is 0. The lowest BCUT2D eigenvalue weighted by Crippen LogP contribution is -2.11. The van der Waals surface area contributed by atoms with E-state index < -0.39 is 5.97 Å². The average Bonchev–Trinajstić information content (AvgIpc) is 2.29. The first-order valence-electron chi connectivity index (χ1n) is 4.78. The van der Waals surface area contributed by atoms with Crippen LogP contribution in [-0.4, -0.2) is 37.1 Å². The van der Waals surface area contributed by atoms with Crippen LogP contribution in [0.4, 0.5) is 0 Å². The number of Topliss-reactive ketones (excluding diaryl/α,β-unsaturated/α-hetero) is 1. The molecular weight excluding hydrogens is 210 g/mol. The van der Waals surface area contributed by atoms with E-state index >= 15 is 0 Å². The van der Waals surface area contributed by atoms with Crippen molar-refractivity contribution in [2.75, 3.05) is 20.3 Å². The second-order valence-corrected chi connectivity index (χ2v) is 3.12. The number of carbonyl (C=O) groups is 2. The zero-order valence-corrected chi connectivity index (χ0v) is 9.23. The second-order valence-electron chi connectivity index (χ2n) is 3.12. The molecule has 86 valence electrons. The maximum atomic E-state index is 11.4. The Bertz CT molecular complexity index is 372. The number of rotatable bonds is 5. The molecule has 0 radical (unpaired) electrons. The highest BCUT2D eigenvalue weighted by Gasteiger charge is 2.09. The summed E-state index contributed by atoms with van der Waals surface area (Å²) >= 11 is 0. The molecule has 5 heteroatoms. The van der Waals surface area contributed by atoms with Crippen molar-refractivity contribution < 1.29 is 19.1 Å². The molecule has 0 amide bonds. The highest BCUT2D eigenvalue weighted by molar-refractivity contribution is 5.94. The number of ether oxygens (including phenoxy) is 2. The normalized spacial score (nSPS) is 9.88. The molecule has 1 heterocycles. The maximum absolute atomic E-state index is 11.4. The van der Waals surface area contributed by atoms with Crippen LogP contribution < -0.4 is 0 Å². The fourth-order valence-corrected chi connectivity index (χ4v) is 1.01. The van der Waals surface area contributed by atoms with Gasteiger partial charge >= 0.3 is 5.97 Å². The van der Waals surface area contributed by atoms with Crippen molar-refractivity contribution in [1.29, 1.82) is 0 Å². The number of hydrogen-bond donors (Lipinski definition) is 0. The molecule has 16 heavy (non-hydrogen) atoms. The zero-order valence-electron chi connectivity index (χ0n) is 9.23. The van der Waals surface area contributed by atoms with Gasteiger partial charge in [-0.15, -0.1) is 0 Å². The van der Waals surface area contributed by atoms with Gasteiger partial charge in [-0.2, -0.15) is 0 Å². The van der Waals surface area contributed by atoms with E-state index in [1.54, 1.807) is 6.07 Å². The summed E-state index contributed by atoms with van der Waals surface area (Å²) in [5.41, 5.74) is 0.648. The summed E-state index contributed by atoms with van der Waals surface area (Å²) in [6, 6.07) is 3.01. The highest BCUT2D eigenvalue weighted by atomic mass is 16.6. The molecule has 0 spiro atoms. The summed E-state index contributed by atoms with van der Waals surface area (Å²) in [4.78, 5) is 26.2. The summed E-state index contributed by atoms with van der Waals surface area (Å²) in [6.07, 6.45) is 1.36. The number of methoxy groups -OCH3 is 1. The Morgan fingerprint density at radius 3 is 2.56 bits per heavy atom. The second kappa shape index (κ2) is 5.97. The number of carbonyl (C=O) groups excluding carboxylic acids is 2. The van der Waals surface area contributed by atoms with Crippen LogP contribution in [0.5, 0.6) is 0 Å². The molecule has 0 aliphatic rings. The van der Waals surface area contributed by atoms with Gasteiger partial charge in [-0.1, -0.05) is 0 Å². The van der Waals surface area contributed by atoms with Crippen molar-refractivity contribution in [2.45, 2.75) is 6.92 Å². The minimum absolute atomic E-state index is 0.0909. The Hall–Kier alpha value is -1.75. The van der Waals surface area contributed by atoms with Crippen LogP contribution in [0.2, 0.25) is 0 Å². The van der Waals surface area contributed by atoms with Gasteiger partial charge in [0.1, 0.15) is 12.3 Å². The molecule has 1 aromatic rings. The van der Waals surface area contributed by atoms with Crippen LogP contribution >= 0.6 is 0 Å². The van der Waals surface area contributed by atoms with Crippen LogP contribution in [0.3, 0.4) is 0 Å². The number of pyridine rings is 1. The standard InChI is InChI=1S/C11H13NO4/c1-8(13)9-3-4-10(12-7-9)11(14)16-6-5-15-2/h3-4,7H,5-6H2,1-2H3. The molecule has 0 atom stereocenters. The van der Waals surface area contributed by atoms with E-state index in [1.165, 1.54) is 26.3 Å². The largest absolute Gasteiger partial charge is 0.459 e. The summed E-state index contributed by atoms with van der Waals surface area (Å²) in [6.45, 7) is 1.97. The first-order chi connectivity index (χ1) is 7.65. The van der Waals surface area contributed by atoms with Crippen molar-refractivity contribution in [3.8, 4) is 0 Å². The van der Waals surface area contributed by atoms with E-state index in [0.29, 0.717) is 12.2 Å². The molecule has 1 rings (SSSR count). The molecule has 0 saturated heterocycles. The van der Waals surface area contributed by atoms with Crippen molar-refractivity contribution in [3.05, 3.63) is 29.6 Å². The molecule has 0 aromatic carbocycles. The highest BCUT2D eigenvalue weighted by Crippen LogP contribution is 2.02. The maximum Gasteiger partial charge on any atom is 0.356 e. The number of aromatic nitrogens is 1. The van der Waals surface area contributed by atoms with Gasteiger partial charge in [-0.25, -0.2) is 9.78 Å². The monoisotopic (exact) mass is 223 g/mol. The van der Waals surface area contributed by atoms with Gasteiger partial charge in [0.25, 0.3) is 0 Å². The fraction of sp³-hybridized carbons (Fsp3) is 0.364. The van der Waals surface area contributed by atoms with Gasteiger partial charge in [0, 0.05) is 18.9 Å². The van der Waals surface area contributed by atoms with Crippen LogP contribution in [-0.2, 0) is 9.47 Å². The third-order valence-electron chi connectivity index (χ3n) is 1.90. The Kier molecular flexibility index (Phi) is 4.60. The molecular formula is C11H13NO4. The molecule has 0 N–H and O–H groups in total. The SMILES string of the molecule is COCCOC(=O)c1ccc(C(C)=O)cn1. The van der Waals surface area contributed by atoms with E-state index in [4.69, 9.17) is 9.47 Å². The van der Waals surface area contributed by atoms with E-state index in [1.807, 2.05) is 0 Å². The van der Waals surface area contributed by atoms with Crippen LogP contribution in [0.25, 0.3) is 0 Å². The lowest BCUT2D eigenvalue weighted by molar-refractivity contribution is 0.0381. The summed E-state index contributed by atoms with van der Waals surface area (Å²) in [5.74, 6) is -0.612. The van der Waals surface area contributed by atoms with Crippen molar-refractivity contribution in [1.82, 2.24) is 4.98 Å². The lowest BCUT2D eigenvalue weighted by Gasteiger charge is -2.03. The van der Waals surface area contributed by atoms with E-state index in [-0.39, 0.29) is 18.1 Å². The van der Waals surface area contributed by atoms with E-state index in [9.17, 15) is 9.59 Å². The number of hydrogen-bond acceptors (Lipinski definition) is 5. The van der Waals surface area contributed by atoms with E-state index in [2.05, 4.69) is 4.98 Å². The Morgan fingerprint density at radius 2 is 2.06 bits per heavy atom. The predicted octanol–water partition coefficient (Wildman–Crippen LogP) is 1.09. The summed E-state index contributed by atoms with van der Waals surface area (Å²) in [7, 11) is 1.52. The molecule has 0 fully saturated rings. The summed E-state index contributed by atoms with van der Waals surface area (Å²) < 4.78 is 9.59. The van der Waals surface area contributed by atoms with Gasteiger partial charge in [0.2, 0.25) is 0 Å². The smallest absolute Gasteiger partial charge is 0.356 e. The van der Waals surface area contributed by atoms with Gasteiger partial charge in [0.15, 0.2) is 5.78 Å². The van der Waals surface area contributed by atoms with Gasteiger partial charge in [-0.3, -0.25) is 4.79 Å². The number of esters is 1. The quantitative estimate of drug-likeness (QED) is 0.424. The first-order valence-corrected chi connectivity index (χ1v) is 4.78. The lowest BCUT2D eigenvalue weighted by atomic mass is 10.2. The number of nitrogens with zero attached hydrogens (tertiary/aromatic N) is 1. The Morgan fingerprint density at radius 1 is 1.31 bits per heavy atom. The molecule has 0 saturated carbocycles. The van der Waals surface area contributed by atoms with Crippen LogP contribution in [0.1, 0.15) is 27.8 Å². The average molecular weight is 223 g/mol. The van der Waals surface area contributed by atoms with Gasteiger partial charge in [0.05, 0.1) is 6.61 Å². The van der Waals surface area contributed by atoms with Crippen LogP contribution in [0, 0.1) is 0 Å². The third kappa shape index (κ3) is 3.43. The van der Waals surface area contributed by atoms with E-state index in [0.717, 1.165) is 0 Å². The molecule has 0 unspecified atom stereocenters. The molecule has 0 aliphatic carbocycles. The van der Waals surface area contributed by atoms with Crippen molar-refractivity contribution in [2.24, 2.45) is 0 Å². The Balaban J connectivity index is 2.59. The minimum atomic E-state index is -0.521. The van der Waals surface area contributed by atoms with Gasteiger partial charge in [-0.05, 0) is 19.1 Å². The first kappa shape index (κ1) is 12.3. The van der Waals surface area contributed by atoms with Crippen molar-refractivity contribution in [3.63, 3.8) is 0 Å². The molecule has 0 aliphatic heterocycles. The van der Waals surface area contributed by atoms with Gasteiger partial charge < -0.3 is 9.47 Å². The van der Waals surface area contributed by atoms with Crippen molar-refractivity contribution >= 4 is 11.8 Å². The zero-order chi connectivity index (χ0) is 12.0. The molecule has 1 aromatic heterocycles. The molecule has 0 bridgehead atoms. The molecule has 5 nitrogen and oxygen atoms in total. The minimum Gasteiger partial charge on any atom is -0.459 e. The number of ketones is 1.